The molecule has 0 aliphatic heterocycles. The highest BCUT2D eigenvalue weighted by molar-refractivity contribution is 5.59. The molecule has 0 aliphatic carbocycles. The lowest BCUT2D eigenvalue weighted by Gasteiger charge is -2.24. The molecule has 0 saturated heterocycles. The van der Waals surface area contributed by atoms with Crippen LogP contribution in [0.5, 0.6) is 0 Å². The van der Waals surface area contributed by atoms with Gasteiger partial charge in [0.2, 0.25) is 0 Å². The first-order valence-electron chi connectivity index (χ1n) is 7.72. The van der Waals surface area contributed by atoms with E-state index in [1.54, 1.807) is 0 Å². The maximum Gasteiger partial charge on any atom is 0.0370 e. The van der Waals surface area contributed by atoms with Crippen LogP contribution in [0.2, 0.25) is 0 Å². The molecule has 2 aromatic rings. The van der Waals surface area contributed by atoms with Crippen LogP contribution in [0.4, 0.5) is 22.7 Å². The molecule has 0 aromatic heterocycles. The van der Waals surface area contributed by atoms with Gasteiger partial charge in [0, 0.05) is 42.4 Å². The largest absolute Gasteiger partial charge is 0.399 e. The number of nitrogens with two attached hydrogens (primary N) is 2. The van der Waals surface area contributed by atoms with Gasteiger partial charge >= 0.3 is 0 Å². The second kappa shape index (κ2) is 7.07. The minimum Gasteiger partial charge on any atom is -0.399 e. The smallest absolute Gasteiger partial charge is 0.0370 e. The topological polar surface area (TPSA) is 67.3 Å². The third kappa shape index (κ3) is 3.85. The molecule has 118 valence electrons. The zero-order chi connectivity index (χ0) is 16.1. The zero-order valence-corrected chi connectivity index (χ0v) is 13.7. The SMILES string of the molecule is CCN(CCNc1ccc(N)c(C)c1)c1ccc(N)c(C)c1. The minimum absolute atomic E-state index is 0.832. The van der Waals surface area contributed by atoms with Gasteiger partial charge in [-0.25, -0.2) is 0 Å². The highest BCUT2D eigenvalue weighted by Gasteiger charge is 2.05. The first-order chi connectivity index (χ1) is 10.5. The summed E-state index contributed by atoms with van der Waals surface area (Å²) >= 11 is 0. The Morgan fingerprint density at radius 2 is 1.59 bits per heavy atom. The number of hydrogen-bond acceptors (Lipinski definition) is 4. The Hall–Kier alpha value is -2.36. The van der Waals surface area contributed by atoms with Gasteiger partial charge in [0.05, 0.1) is 0 Å². The fourth-order valence-electron chi connectivity index (χ4n) is 2.45. The van der Waals surface area contributed by atoms with Crippen molar-refractivity contribution in [3.8, 4) is 0 Å². The molecule has 0 heterocycles. The van der Waals surface area contributed by atoms with Crippen LogP contribution in [-0.2, 0) is 0 Å². The van der Waals surface area contributed by atoms with Crippen LogP contribution in [0, 0.1) is 13.8 Å². The molecular formula is C18H26N4. The summed E-state index contributed by atoms with van der Waals surface area (Å²) in [5, 5.41) is 3.45. The van der Waals surface area contributed by atoms with E-state index in [0.29, 0.717) is 0 Å². The first kappa shape index (κ1) is 16.0. The molecule has 4 heteroatoms. The van der Waals surface area contributed by atoms with E-state index in [9.17, 15) is 0 Å². The van der Waals surface area contributed by atoms with Crippen molar-refractivity contribution in [1.29, 1.82) is 0 Å². The van der Waals surface area contributed by atoms with Gasteiger partial charge in [-0.15, -0.1) is 0 Å². The van der Waals surface area contributed by atoms with Gasteiger partial charge in [-0.2, -0.15) is 0 Å². The van der Waals surface area contributed by atoms with Crippen molar-refractivity contribution in [2.45, 2.75) is 20.8 Å². The van der Waals surface area contributed by atoms with Gasteiger partial charge in [-0.05, 0) is 68.3 Å². The standard InChI is InChI=1S/C18H26N4/c1-4-22(16-6-8-18(20)14(3)12-16)10-9-21-15-5-7-17(19)13(2)11-15/h5-8,11-12,21H,4,9-10,19-20H2,1-3H3. The number of nitrogens with zero attached hydrogens (tertiary/aromatic N) is 1. The van der Waals surface area contributed by atoms with Gasteiger partial charge in [-0.1, -0.05) is 0 Å². The molecular weight excluding hydrogens is 272 g/mol. The predicted molar refractivity (Wildman–Crippen MR) is 97.6 cm³/mol. The molecule has 2 rings (SSSR count). The third-order valence-electron chi connectivity index (χ3n) is 3.98. The number of hydrogen-bond donors (Lipinski definition) is 3. The average molecular weight is 298 g/mol. The van der Waals surface area contributed by atoms with Crippen molar-refractivity contribution in [2.24, 2.45) is 0 Å². The lowest BCUT2D eigenvalue weighted by Crippen LogP contribution is -2.28. The maximum absolute atomic E-state index is 5.89. The summed E-state index contributed by atoms with van der Waals surface area (Å²) in [6, 6.07) is 12.2. The molecule has 0 radical (unpaired) electrons. The van der Waals surface area contributed by atoms with E-state index in [4.69, 9.17) is 11.5 Å². The summed E-state index contributed by atoms with van der Waals surface area (Å²) in [4.78, 5) is 2.34. The van der Waals surface area contributed by atoms with E-state index in [-0.39, 0.29) is 0 Å². The highest BCUT2D eigenvalue weighted by Crippen LogP contribution is 2.21. The quantitative estimate of drug-likeness (QED) is 0.715. The molecule has 0 atom stereocenters. The van der Waals surface area contributed by atoms with E-state index in [1.165, 1.54) is 5.69 Å². The van der Waals surface area contributed by atoms with Crippen LogP contribution in [-0.4, -0.2) is 19.6 Å². The number of rotatable bonds is 6. The van der Waals surface area contributed by atoms with E-state index < -0.39 is 0 Å². The van der Waals surface area contributed by atoms with Crippen molar-refractivity contribution in [2.75, 3.05) is 41.3 Å². The number of anilines is 4. The van der Waals surface area contributed by atoms with Gasteiger partial charge < -0.3 is 21.7 Å². The minimum atomic E-state index is 0.832. The van der Waals surface area contributed by atoms with Crippen molar-refractivity contribution < 1.29 is 0 Å². The van der Waals surface area contributed by atoms with Gasteiger partial charge in [0.1, 0.15) is 0 Å². The summed E-state index contributed by atoms with van der Waals surface area (Å²) in [6.07, 6.45) is 0. The van der Waals surface area contributed by atoms with E-state index in [0.717, 1.165) is 47.8 Å². The fraction of sp³-hybridized carbons (Fsp3) is 0.333. The molecule has 2 aromatic carbocycles. The molecule has 22 heavy (non-hydrogen) atoms. The second-order valence-corrected chi connectivity index (χ2v) is 5.62. The molecule has 4 nitrogen and oxygen atoms in total. The molecule has 0 fully saturated rings. The van der Waals surface area contributed by atoms with E-state index in [1.807, 2.05) is 32.0 Å². The summed E-state index contributed by atoms with van der Waals surface area (Å²) in [6.45, 7) is 9.01. The Morgan fingerprint density at radius 3 is 2.18 bits per heavy atom. The van der Waals surface area contributed by atoms with Crippen LogP contribution < -0.4 is 21.7 Å². The molecule has 0 bridgehead atoms. The Kier molecular flexibility index (Phi) is 5.15. The molecule has 0 unspecified atom stereocenters. The van der Waals surface area contributed by atoms with Crippen molar-refractivity contribution in [1.82, 2.24) is 0 Å². The van der Waals surface area contributed by atoms with Gasteiger partial charge in [-0.3, -0.25) is 0 Å². The lowest BCUT2D eigenvalue weighted by molar-refractivity contribution is 0.835. The zero-order valence-electron chi connectivity index (χ0n) is 13.7. The number of aryl methyl sites for hydroxylation is 2. The number of benzene rings is 2. The van der Waals surface area contributed by atoms with Crippen molar-refractivity contribution in [3.63, 3.8) is 0 Å². The van der Waals surface area contributed by atoms with Crippen LogP contribution in [0.25, 0.3) is 0 Å². The fourth-order valence-corrected chi connectivity index (χ4v) is 2.45. The number of likely N-dealkylation sites (N-methyl/N-ethyl adjacent to an activating group) is 1. The molecule has 0 spiro atoms. The monoisotopic (exact) mass is 298 g/mol. The van der Waals surface area contributed by atoms with Gasteiger partial charge in [0.25, 0.3) is 0 Å². The van der Waals surface area contributed by atoms with Crippen LogP contribution in [0.1, 0.15) is 18.1 Å². The summed E-state index contributed by atoms with van der Waals surface area (Å²) < 4.78 is 0. The normalized spacial score (nSPS) is 10.5. The molecule has 5 N–H and O–H groups in total. The Bertz CT molecular complexity index is 637. The average Bonchev–Trinajstić information content (AvgIpc) is 2.50. The lowest BCUT2D eigenvalue weighted by atomic mass is 10.1. The summed E-state index contributed by atoms with van der Waals surface area (Å²) in [7, 11) is 0. The van der Waals surface area contributed by atoms with Crippen LogP contribution >= 0.6 is 0 Å². The van der Waals surface area contributed by atoms with Crippen molar-refractivity contribution >= 4 is 22.7 Å². The first-order valence-corrected chi connectivity index (χ1v) is 7.72. The molecule has 0 saturated carbocycles. The molecule has 0 amide bonds. The summed E-state index contributed by atoms with van der Waals surface area (Å²) in [5.74, 6) is 0. The summed E-state index contributed by atoms with van der Waals surface area (Å²) in [5.41, 5.74) is 18.0. The Morgan fingerprint density at radius 1 is 0.955 bits per heavy atom. The third-order valence-corrected chi connectivity index (χ3v) is 3.98. The number of nitrogens with one attached hydrogen (secondary N) is 1. The van der Waals surface area contributed by atoms with E-state index in [2.05, 4.69) is 35.3 Å². The van der Waals surface area contributed by atoms with Crippen molar-refractivity contribution in [3.05, 3.63) is 47.5 Å². The Labute approximate surface area is 133 Å². The van der Waals surface area contributed by atoms with E-state index >= 15 is 0 Å². The van der Waals surface area contributed by atoms with Crippen LogP contribution in [0.3, 0.4) is 0 Å². The predicted octanol–water partition coefficient (Wildman–Crippen LogP) is 3.41. The molecule has 0 aliphatic rings. The second-order valence-electron chi connectivity index (χ2n) is 5.62. The highest BCUT2D eigenvalue weighted by atomic mass is 15.1. The van der Waals surface area contributed by atoms with Gasteiger partial charge in [0.15, 0.2) is 0 Å². The maximum atomic E-state index is 5.89. The van der Waals surface area contributed by atoms with Crippen LogP contribution in [0.15, 0.2) is 36.4 Å². The number of nitrogen functional groups attached to an aromatic ring is 2. The Balaban J connectivity index is 1.96.